The van der Waals surface area contributed by atoms with Crippen LogP contribution in [0.25, 0.3) is 22.0 Å². The van der Waals surface area contributed by atoms with Crippen LogP contribution in [0.3, 0.4) is 0 Å². The van der Waals surface area contributed by atoms with E-state index in [0.717, 1.165) is 27.6 Å². The van der Waals surface area contributed by atoms with E-state index in [0.29, 0.717) is 11.4 Å². The van der Waals surface area contributed by atoms with Crippen LogP contribution in [0.4, 0.5) is 26.4 Å². The van der Waals surface area contributed by atoms with E-state index in [4.69, 9.17) is 10.3 Å². The van der Waals surface area contributed by atoms with E-state index < -0.39 is 11.8 Å². The minimum Gasteiger partial charge on any atom is -0.367 e. The number of hydrogen-bond acceptors (Lipinski definition) is 4. The number of aryl methyl sites for hydroxylation is 1. The minimum absolute atomic E-state index is 0.269. The second-order valence-corrected chi connectivity index (χ2v) is 6.37. The van der Waals surface area contributed by atoms with Crippen LogP contribution >= 0.6 is 0 Å². The zero-order valence-electron chi connectivity index (χ0n) is 15.0. The molecule has 6 nitrogen and oxygen atoms in total. The third-order valence-corrected chi connectivity index (χ3v) is 4.40. The Morgan fingerprint density at radius 3 is 2.54 bits per heavy atom. The van der Waals surface area contributed by atoms with Gasteiger partial charge in [0.2, 0.25) is 5.88 Å². The Bertz CT molecular complexity index is 1170. The number of carbonyl (C=O) groups excluding carboxylic acids is 1. The molecule has 0 saturated carbocycles. The van der Waals surface area contributed by atoms with Crippen molar-refractivity contribution in [3.05, 3.63) is 72.0 Å². The number of rotatable bonds is 3. The van der Waals surface area contributed by atoms with Crippen molar-refractivity contribution in [3.63, 3.8) is 0 Å². The Balaban J connectivity index is 1.54. The normalized spacial score (nSPS) is 10.8. The van der Waals surface area contributed by atoms with Gasteiger partial charge in [0.1, 0.15) is 11.3 Å². The molecule has 140 valence electrons. The summed E-state index contributed by atoms with van der Waals surface area (Å²) >= 11 is 0. The van der Waals surface area contributed by atoms with Gasteiger partial charge in [-0.3, -0.25) is 0 Å². The number of nitrogen functional groups attached to an aromatic ring is 1. The number of aromatic nitrogens is 1. The average Bonchev–Trinajstić information content (AvgIpc) is 3.06. The van der Waals surface area contributed by atoms with Crippen LogP contribution in [0.2, 0.25) is 0 Å². The fourth-order valence-corrected chi connectivity index (χ4v) is 3.04. The highest BCUT2D eigenvalue weighted by molar-refractivity contribution is 6.03. The van der Waals surface area contributed by atoms with Crippen molar-refractivity contribution in [2.75, 3.05) is 16.4 Å². The summed E-state index contributed by atoms with van der Waals surface area (Å²) in [6, 6.07) is 16.4. The van der Waals surface area contributed by atoms with Gasteiger partial charge in [0.05, 0.1) is 5.39 Å². The van der Waals surface area contributed by atoms with E-state index in [2.05, 4.69) is 15.8 Å². The van der Waals surface area contributed by atoms with Gasteiger partial charge in [0.15, 0.2) is 0 Å². The Labute approximate surface area is 160 Å². The maximum atomic E-state index is 13.2. The van der Waals surface area contributed by atoms with Gasteiger partial charge in [0.25, 0.3) is 0 Å². The number of urea groups is 1. The average molecular weight is 376 g/mol. The van der Waals surface area contributed by atoms with Crippen LogP contribution in [0.1, 0.15) is 5.56 Å². The SMILES string of the molecule is Cc1ccc(-c2ccc(NC(=O)Nc3cccc(F)c3)cc2)c2c(N)onc12. The number of nitrogens with one attached hydrogen (secondary N) is 2. The summed E-state index contributed by atoms with van der Waals surface area (Å²) in [5.41, 5.74) is 10.4. The molecule has 0 radical (unpaired) electrons. The molecule has 0 aliphatic rings. The Kier molecular flexibility index (Phi) is 4.41. The third kappa shape index (κ3) is 3.37. The van der Waals surface area contributed by atoms with Gasteiger partial charge in [-0.2, -0.15) is 0 Å². The topological polar surface area (TPSA) is 93.2 Å². The van der Waals surface area contributed by atoms with Crippen LogP contribution in [0.5, 0.6) is 0 Å². The fraction of sp³-hybridized carbons (Fsp3) is 0.0476. The number of anilines is 3. The van der Waals surface area contributed by atoms with Gasteiger partial charge in [0, 0.05) is 11.4 Å². The van der Waals surface area contributed by atoms with Gasteiger partial charge >= 0.3 is 6.03 Å². The first-order chi connectivity index (χ1) is 13.5. The van der Waals surface area contributed by atoms with Crippen molar-refractivity contribution >= 4 is 34.2 Å². The van der Waals surface area contributed by atoms with Crippen molar-refractivity contribution in [1.29, 1.82) is 0 Å². The Hall–Kier alpha value is -3.87. The van der Waals surface area contributed by atoms with E-state index in [1.807, 2.05) is 31.2 Å². The largest absolute Gasteiger partial charge is 0.367 e. The number of carbonyl (C=O) groups is 1. The zero-order valence-corrected chi connectivity index (χ0v) is 15.0. The molecule has 4 aromatic rings. The lowest BCUT2D eigenvalue weighted by molar-refractivity contribution is 0.262. The molecule has 0 spiro atoms. The maximum absolute atomic E-state index is 13.2. The molecule has 0 aliphatic carbocycles. The highest BCUT2D eigenvalue weighted by atomic mass is 19.1. The summed E-state index contributed by atoms with van der Waals surface area (Å²) in [4.78, 5) is 12.1. The lowest BCUT2D eigenvalue weighted by atomic mass is 9.99. The number of benzene rings is 3. The molecule has 28 heavy (non-hydrogen) atoms. The van der Waals surface area contributed by atoms with E-state index in [9.17, 15) is 9.18 Å². The van der Waals surface area contributed by atoms with Crippen molar-refractivity contribution in [2.45, 2.75) is 6.92 Å². The van der Waals surface area contributed by atoms with Crippen LogP contribution in [0.15, 0.2) is 65.2 Å². The summed E-state index contributed by atoms with van der Waals surface area (Å²) < 4.78 is 18.3. The molecular weight excluding hydrogens is 359 g/mol. The van der Waals surface area contributed by atoms with E-state index in [1.165, 1.54) is 18.2 Å². The number of nitrogens with zero attached hydrogens (tertiary/aromatic N) is 1. The highest BCUT2D eigenvalue weighted by Crippen LogP contribution is 2.34. The second-order valence-electron chi connectivity index (χ2n) is 6.37. The van der Waals surface area contributed by atoms with Crippen LogP contribution in [0, 0.1) is 12.7 Å². The summed E-state index contributed by atoms with van der Waals surface area (Å²) in [5.74, 6) is -0.148. The van der Waals surface area contributed by atoms with Crippen LogP contribution in [-0.2, 0) is 0 Å². The van der Waals surface area contributed by atoms with Gasteiger partial charge < -0.3 is 20.9 Å². The first-order valence-electron chi connectivity index (χ1n) is 8.60. The van der Waals surface area contributed by atoms with Gasteiger partial charge in [-0.05, 0) is 53.9 Å². The van der Waals surface area contributed by atoms with Crippen LogP contribution < -0.4 is 16.4 Å². The molecular formula is C21H17FN4O2. The smallest absolute Gasteiger partial charge is 0.323 e. The zero-order chi connectivity index (χ0) is 19.7. The fourth-order valence-electron chi connectivity index (χ4n) is 3.04. The Morgan fingerprint density at radius 2 is 1.79 bits per heavy atom. The predicted molar refractivity (Wildman–Crippen MR) is 108 cm³/mol. The number of halogens is 1. The predicted octanol–water partition coefficient (Wildman–Crippen LogP) is 5.17. The van der Waals surface area contributed by atoms with Crippen LogP contribution in [-0.4, -0.2) is 11.2 Å². The van der Waals surface area contributed by atoms with Crippen molar-refractivity contribution in [2.24, 2.45) is 0 Å². The molecule has 0 bridgehead atoms. The molecule has 3 aromatic carbocycles. The second kappa shape index (κ2) is 7.03. The first-order valence-corrected chi connectivity index (χ1v) is 8.60. The highest BCUT2D eigenvalue weighted by Gasteiger charge is 2.14. The maximum Gasteiger partial charge on any atom is 0.323 e. The molecule has 0 unspecified atom stereocenters. The number of fused-ring (bicyclic) bond motifs is 1. The molecule has 1 aromatic heterocycles. The van der Waals surface area contributed by atoms with E-state index in [1.54, 1.807) is 18.2 Å². The molecule has 0 saturated heterocycles. The molecule has 2 amide bonds. The van der Waals surface area contributed by atoms with Gasteiger partial charge in [-0.1, -0.05) is 35.5 Å². The molecule has 4 N–H and O–H groups in total. The van der Waals surface area contributed by atoms with E-state index >= 15 is 0 Å². The standard InChI is InChI=1S/C21H17FN4O2/c1-12-5-10-17(18-19(12)26-28-20(18)23)13-6-8-15(9-7-13)24-21(27)25-16-4-2-3-14(22)11-16/h2-11H,23H2,1H3,(H2,24,25,27). The number of hydrogen-bond donors (Lipinski definition) is 3. The van der Waals surface area contributed by atoms with Gasteiger partial charge in [-0.25, -0.2) is 9.18 Å². The lowest BCUT2D eigenvalue weighted by Crippen LogP contribution is -2.19. The third-order valence-electron chi connectivity index (χ3n) is 4.40. The quantitative estimate of drug-likeness (QED) is 0.460. The number of amides is 2. The summed E-state index contributed by atoms with van der Waals surface area (Å²) in [6.45, 7) is 1.94. The molecule has 0 fully saturated rings. The molecule has 0 aliphatic heterocycles. The minimum atomic E-state index is -0.459. The van der Waals surface area contributed by atoms with Crippen molar-refractivity contribution in [1.82, 2.24) is 5.16 Å². The first kappa shape index (κ1) is 17.5. The summed E-state index contributed by atoms with van der Waals surface area (Å²) in [7, 11) is 0. The van der Waals surface area contributed by atoms with Crippen molar-refractivity contribution in [3.8, 4) is 11.1 Å². The molecule has 0 atom stereocenters. The van der Waals surface area contributed by atoms with E-state index in [-0.39, 0.29) is 5.88 Å². The number of nitrogens with two attached hydrogens (primary N) is 1. The molecule has 4 rings (SSSR count). The lowest BCUT2D eigenvalue weighted by Gasteiger charge is -2.09. The molecule has 7 heteroatoms. The van der Waals surface area contributed by atoms with Gasteiger partial charge in [-0.15, -0.1) is 0 Å². The molecule has 1 heterocycles. The van der Waals surface area contributed by atoms with Crippen molar-refractivity contribution < 1.29 is 13.7 Å². The summed E-state index contributed by atoms with van der Waals surface area (Å²) in [6.07, 6.45) is 0. The monoisotopic (exact) mass is 376 g/mol. The summed E-state index contributed by atoms with van der Waals surface area (Å²) in [5, 5.41) is 10.1. The Morgan fingerprint density at radius 1 is 1.04 bits per heavy atom.